The number of para-hydroxylation sites is 1. The number of hydrogen-bond donors (Lipinski definition) is 3. The largest absolute Gasteiger partial charge is 0.508 e. The molecule has 0 saturated carbocycles. The standard InChI is InChI=1S/C40H43ClN4O6S/c41-38-30(27-52(49,50)51-44-23-19-42-20-24-44)7-6-9-34(38)40(48)39-37(36(28-11-15-31(46)16-12-28)29-13-17-32(47)18-14-29)33-8-2-3-10-35(33)45(39)26-25-43-21-4-1-5-22-43/h2-3,6-18,36,42,46-47H,1,4-5,19-27H2. The molecule has 10 nitrogen and oxygen atoms in total. The summed E-state index contributed by atoms with van der Waals surface area (Å²) >= 11 is 7.02. The number of aromatic nitrogens is 1. The number of fused-ring (bicyclic) bond motifs is 1. The average Bonchev–Trinajstić information content (AvgIpc) is 3.47. The van der Waals surface area contributed by atoms with Crippen molar-refractivity contribution in [1.82, 2.24) is 19.8 Å². The third-order valence-electron chi connectivity index (χ3n) is 10.0. The van der Waals surface area contributed by atoms with Gasteiger partial charge in [0.05, 0.1) is 10.7 Å². The van der Waals surface area contributed by atoms with Crippen molar-refractivity contribution in [3.63, 3.8) is 0 Å². The fourth-order valence-corrected chi connectivity index (χ4v) is 8.98. The molecule has 2 saturated heterocycles. The molecule has 2 aliphatic heterocycles. The Morgan fingerprint density at radius 1 is 0.788 bits per heavy atom. The van der Waals surface area contributed by atoms with Gasteiger partial charge < -0.3 is 25.0 Å². The lowest BCUT2D eigenvalue weighted by atomic mass is 9.82. The van der Waals surface area contributed by atoms with E-state index in [4.69, 9.17) is 15.9 Å². The second-order valence-corrected chi connectivity index (χ2v) is 15.4. The maximum Gasteiger partial charge on any atom is 0.287 e. The normalized spacial score (nSPS) is 16.1. The molecule has 1 aromatic heterocycles. The van der Waals surface area contributed by atoms with Crippen LogP contribution in [0.3, 0.4) is 0 Å². The van der Waals surface area contributed by atoms with Gasteiger partial charge in [0.25, 0.3) is 10.1 Å². The number of likely N-dealkylation sites (tertiary alicyclic amines) is 1. The first-order valence-corrected chi connectivity index (χ1v) is 19.8. The van der Waals surface area contributed by atoms with Gasteiger partial charge in [-0.3, -0.25) is 4.79 Å². The van der Waals surface area contributed by atoms with E-state index in [-0.39, 0.29) is 33.4 Å². The van der Waals surface area contributed by atoms with Gasteiger partial charge in [-0.05, 0) is 79.0 Å². The number of hydrogen-bond acceptors (Lipinski definition) is 9. The van der Waals surface area contributed by atoms with Crippen LogP contribution in [0.25, 0.3) is 10.9 Å². The Labute approximate surface area is 309 Å². The van der Waals surface area contributed by atoms with Crippen LogP contribution in [0.1, 0.15) is 63.5 Å². The van der Waals surface area contributed by atoms with Crippen LogP contribution in [0.4, 0.5) is 0 Å². The maximum absolute atomic E-state index is 15.2. The summed E-state index contributed by atoms with van der Waals surface area (Å²) in [6, 6.07) is 26.8. The number of nitrogens with zero attached hydrogens (tertiary/aromatic N) is 3. The highest BCUT2D eigenvalue weighted by atomic mass is 35.5. The van der Waals surface area contributed by atoms with Crippen LogP contribution in [-0.2, 0) is 26.7 Å². The third kappa shape index (κ3) is 7.90. The van der Waals surface area contributed by atoms with Crippen LogP contribution in [0.2, 0.25) is 5.02 Å². The summed E-state index contributed by atoms with van der Waals surface area (Å²) in [5, 5.41) is 26.0. The minimum absolute atomic E-state index is 0.0598. The number of nitrogens with one attached hydrogen (secondary N) is 1. The molecule has 3 N–H and O–H groups in total. The summed E-state index contributed by atoms with van der Waals surface area (Å²) in [6.45, 7) is 5.38. The van der Waals surface area contributed by atoms with Gasteiger partial charge in [0.15, 0.2) is 0 Å². The van der Waals surface area contributed by atoms with Crippen molar-refractivity contribution in [3.8, 4) is 11.5 Å². The lowest BCUT2D eigenvalue weighted by Crippen LogP contribution is -2.44. The number of rotatable bonds is 12. The van der Waals surface area contributed by atoms with Gasteiger partial charge in [-0.15, -0.1) is 0 Å². The third-order valence-corrected chi connectivity index (χ3v) is 11.6. The minimum Gasteiger partial charge on any atom is -0.508 e. The van der Waals surface area contributed by atoms with Crippen molar-refractivity contribution < 1.29 is 27.7 Å². The van der Waals surface area contributed by atoms with Gasteiger partial charge in [0.1, 0.15) is 17.3 Å². The molecule has 272 valence electrons. The maximum atomic E-state index is 15.2. The molecule has 5 aromatic rings. The molecule has 4 aromatic carbocycles. The van der Waals surface area contributed by atoms with Gasteiger partial charge in [-0.1, -0.05) is 72.6 Å². The first-order chi connectivity index (χ1) is 25.2. The van der Waals surface area contributed by atoms with E-state index in [2.05, 4.69) is 14.8 Å². The van der Waals surface area contributed by atoms with Crippen molar-refractivity contribution in [1.29, 1.82) is 0 Å². The lowest BCUT2D eigenvalue weighted by molar-refractivity contribution is -0.0599. The Morgan fingerprint density at radius 2 is 1.42 bits per heavy atom. The summed E-state index contributed by atoms with van der Waals surface area (Å²) in [5.74, 6) is -1.07. The molecular formula is C40H43ClN4O6S. The van der Waals surface area contributed by atoms with Crippen molar-refractivity contribution in [2.75, 3.05) is 45.8 Å². The Bertz CT molecular complexity index is 2100. The van der Waals surface area contributed by atoms with E-state index in [1.807, 2.05) is 48.5 Å². The van der Waals surface area contributed by atoms with Crippen LogP contribution >= 0.6 is 11.6 Å². The van der Waals surface area contributed by atoms with E-state index in [9.17, 15) is 18.6 Å². The number of piperazine rings is 1. The number of piperidine rings is 1. The number of aromatic hydroxyl groups is 2. The van der Waals surface area contributed by atoms with E-state index >= 15 is 4.79 Å². The zero-order chi connectivity index (χ0) is 36.2. The van der Waals surface area contributed by atoms with Crippen LogP contribution in [-0.4, -0.2) is 84.8 Å². The Morgan fingerprint density at radius 3 is 2.08 bits per heavy atom. The molecule has 0 atom stereocenters. The molecule has 7 rings (SSSR count). The quantitative estimate of drug-likeness (QED) is 0.127. The van der Waals surface area contributed by atoms with Crippen molar-refractivity contribution in [2.24, 2.45) is 0 Å². The molecule has 2 fully saturated rings. The molecule has 0 radical (unpaired) electrons. The van der Waals surface area contributed by atoms with E-state index in [1.54, 1.807) is 42.5 Å². The molecular weight excluding hydrogens is 700 g/mol. The van der Waals surface area contributed by atoms with Gasteiger partial charge in [-0.2, -0.15) is 17.8 Å². The van der Waals surface area contributed by atoms with Crippen molar-refractivity contribution in [2.45, 2.75) is 37.5 Å². The van der Waals surface area contributed by atoms with Gasteiger partial charge in [0.2, 0.25) is 5.78 Å². The van der Waals surface area contributed by atoms with Crippen molar-refractivity contribution >= 4 is 38.4 Å². The molecule has 0 unspecified atom stereocenters. The molecule has 0 bridgehead atoms. The lowest BCUT2D eigenvalue weighted by Gasteiger charge is -2.27. The van der Waals surface area contributed by atoms with Gasteiger partial charge in [-0.25, -0.2) is 0 Å². The second kappa shape index (κ2) is 15.8. The number of halogens is 1. The average molecular weight is 743 g/mol. The fraction of sp³-hybridized carbons (Fsp3) is 0.325. The number of phenolic OH excluding ortho intramolecular Hbond substituents is 2. The Balaban J connectivity index is 1.38. The molecule has 0 amide bonds. The van der Waals surface area contributed by atoms with E-state index in [0.717, 1.165) is 60.1 Å². The number of benzene rings is 4. The van der Waals surface area contributed by atoms with Crippen LogP contribution < -0.4 is 5.32 Å². The number of hydroxylamine groups is 2. The number of ketones is 1. The van der Waals surface area contributed by atoms with E-state index < -0.39 is 21.8 Å². The zero-order valence-corrected chi connectivity index (χ0v) is 30.5. The number of phenols is 2. The first kappa shape index (κ1) is 36.1. The fourth-order valence-electron chi connectivity index (χ4n) is 7.47. The molecule has 12 heteroatoms. The minimum atomic E-state index is -4.06. The molecule has 52 heavy (non-hydrogen) atoms. The molecule has 0 spiro atoms. The molecule has 2 aliphatic rings. The van der Waals surface area contributed by atoms with Crippen LogP contribution in [0, 0.1) is 0 Å². The molecule has 3 heterocycles. The predicted octanol–water partition coefficient (Wildman–Crippen LogP) is 6.27. The SMILES string of the molecule is O=C(c1cccc(CS(=O)(=O)ON2CCNCC2)c1Cl)c1c(C(c2ccc(O)cc2)c2ccc(O)cc2)c2ccccc2n1CCN1CCCCC1. The number of carbonyl (C=O) groups excluding carboxylic acids is 1. The highest BCUT2D eigenvalue weighted by molar-refractivity contribution is 7.85. The van der Waals surface area contributed by atoms with Crippen LogP contribution in [0.15, 0.2) is 91.0 Å². The topological polar surface area (TPSA) is 124 Å². The highest BCUT2D eigenvalue weighted by Gasteiger charge is 2.33. The highest BCUT2D eigenvalue weighted by Crippen LogP contribution is 2.42. The summed E-state index contributed by atoms with van der Waals surface area (Å²) in [5.41, 5.74) is 4.23. The summed E-state index contributed by atoms with van der Waals surface area (Å²) in [4.78, 5) is 17.7. The summed E-state index contributed by atoms with van der Waals surface area (Å²) in [7, 11) is -4.06. The smallest absolute Gasteiger partial charge is 0.287 e. The van der Waals surface area contributed by atoms with Crippen molar-refractivity contribution in [3.05, 3.63) is 130 Å². The van der Waals surface area contributed by atoms with E-state index in [0.29, 0.717) is 38.4 Å². The van der Waals surface area contributed by atoms with Gasteiger partial charge in [0, 0.05) is 67.2 Å². The van der Waals surface area contributed by atoms with E-state index in [1.165, 1.54) is 11.5 Å². The second-order valence-electron chi connectivity index (χ2n) is 13.5. The predicted molar refractivity (Wildman–Crippen MR) is 202 cm³/mol. The zero-order valence-electron chi connectivity index (χ0n) is 28.9. The number of carbonyl (C=O) groups is 1. The van der Waals surface area contributed by atoms with Gasteiger partial charge >= 0.3 is 0 Å². The Kier molecular flexibility index (Phi) is 11.0. The molecule has 0 aliphatic carbocycles. The Hall–Kier alpha value is -4.23. The van der Waals surface area contributed by atoms with Crippen LogP contribution in [0.5, 0.6) is 11.5 Å². The monoisotopic (exact) mass is 742 g/mol. The first-order valence-electron chi connectivity index (χ1n) is 17.8. The summed E-state index contributed by atoms with van der Waals surface area (Å²) in [6.07, 6.45) is 3.48. The summed E-state index contributed by atoms with van der Waals surface area (Å²) < 4.78 is 33.9.